The van der Waals surface area contributed by atoms with Crippen LogP contribution in [0.1, 0.15) is 31.4 Å². The molecule has 1 saturated carbocycles. The number of amides is 1. The predicted octanol–water partition coefficient (Wildman–Crippen LogP) is 2.36. The van der Waals surface area contributed by atoms with E-state index < -0.39 is 6.09 Å². The number of rotatable bonds is 3. The minimum Gasteiger partial charge on any atom is -0.465 e. The average molecular weight is 324 g/mol. The average Bonchev–Trinajstić information content (AvgIpc) is 2.53. The van der Waals surface area contributed by atoms with E-state index in [0.717, 1.165) is 25.7 Å². The molecule has 2 rings (SSSR count). The Morgan fingerprint density at radius 2 is 1.95 bits per heavy atom. The standard InChI is InChI=1S/C14H18ClN5O2/c1-19(12-8-17-11(7-16)13(15)18-12)9-3-5-10(6-4-9)20(2)14(21)22/h8-10H,3-6H2,1-2H3,(H,21,22). The van der Waals surface area contributed by atoms with Crippen LogP contribution in [0, 0.1) is 11.3 Å². The zero-order valence-electron chi connectivity index (χ0n) is 12.5. The van der Waals surface area contributed by atoms with Crippen LogP contribution < -0.4 is 4.90 Å². The van der Waals surface area contributed by atoms with Gasteiger partial charge >= 0.3 is 6.09 Å². The molecule has 0 spiro atoms. The summed E-state index contributed by atoms with van der Waals surface area (Å²) in [4.78, 5) is 22.6. The lowest BCUT2D eigenvalue weighted by atomic mass is 9.89. The lowest BCUT2D eigenvalue weighted by Crippen LogP contribution is -2.43. The maximum atomic E-state index is 11.0. The van der Waals surface area contributed by atoms with Gasteiger partial charge in [-0.25, -0.2) is 14.8 Å². The number of carboxylic acid groups (broad SMARTS) is 1. The predicted molar refractivity (Wildman–Crippen MR) is 82.0 cm³/mol. The summed E-state index contributed by atoms with van der Waals surface area (Å²) in [6.07, 6.45) is 4.03. The smallest absolute Gasteiger partial charge is 0.407 e. The quantitative estimate of drug-likeness (QED) is 0.917. The number of carbonyl (C=O) groups is 1. The van der Waals surface area contributed by atoms with Crippen LogP contribution in [0.2, 0.25) is 5.15 Å². The number of aromatic nitrogens is 2. The van der Waals surface area contributed by atoms with Crippen LogP contribution in [-0.2, 0) is 0 Å². The summed E-state index contributed by atoms with van der Waals surface area (Å²) in [5.74, 6) is 0.624. The molecule has 0 atom stereocenters. The van der Waals surface area contributed by atoms with Crippen molar-refractivity contribution in [2.45, 2.75) is 37.8 Å². The second kappa shape index (κ2) is 6.79. The molecule has 0 radical (unpaired) electrons. The molecule has 1 aromatic heterocycles. The van der Waals surface area contributed by atoms with Crippen molar-refractivity contribution in [3.63, 3.8) is 0 Å². The summed E-state index contributed by atoms with van der Waals surface area (Å²) in [5.41, 5.74) is 0.116. The molecule has 0 aliphatic heterocycles. The maximum absolute atomic E-state index is 11.0. The van der Waals surface area contributed by atoms with Gasteiger partial charge in [-0.1, -0.05) is 11.6 Å². The van der Waals surface area contributed by atoms with E-state index in [4.69, 9.17) is 22.0 Å². The second-order valence-electron chi connectivity index (χ2n) is 5.45. The van der Waals surface area contributed by atoms with Gasteiger partial charge in [-0.05, 0) is 25.7 Å². The van der Waals surface area contributed by atoms with Crippen molar-refractivity contribution in [3.8, 4) is 6.07 Å². The molecule has 1 aliphatic carbocycles. The van der Waals surface area contributed by atoms with Crippen LogP contribution in [-0.4, -0.2) is 52.2 Å². The number of hydrogen-bond acceptors (Lipinski definition) is 5. The highest BCUT2D eigenvalue weighted by Crippen LogP contribution is 2.28. The van der Waals surface area contributed by atoms with Crippen molar-refractivity contribution in [2.24, 2.45) is 0 Å². The molecule has 1 heterocycles. The number of nitriles is 1. The van der Waals surface area contributed by atoms with E-state index in [1.165, 1.54) is 4.90 Å². The fraction of sp³-hybridized carbons (Fsp3) is 0.571. The molecule has 0 bridgehead atoms. The van der Waals surface area contributed by atoms with Gasteiger partial charge < -0.3 is 14.9 Å². The molecule has 1 aliphatic rings. The van der Waals surface area contributed by atoms with Gasteiger partial charge in [0.2, 0.25) is 0 Å². The maximum Gasteiger partial charge on any atom is 0.407 e. The van der Waals surface area contributed by atoms with E-state index >= 15 is 0 Å². The van der Waals surface area contributed by atoms with Gasteiger partial charge in [0.1, 0.15) is 11.9 Å². The summed E-state index contributed by atoms with van der Waals surface area (Å²) < 4.78 is 0. The molecule has 7 nitrogen and oxygen atoms in total. The van der Waals surface area contributed by atoms with Gasteiger partial charge in [-0.2, -0.15) is 5.26 Å². The third-order valence-corrected chi connectivity index (χ3v) is 4.51. The van der Waals surface area contributed by atoms with Crippen LogP contribution >= 0.6 is 11.6 Å². The first kappa shape index (κ1) is 16.3. The van der Waals surface area contributed by atoms with E-state index in [1.807, 2.05) is 18.0 Å². The lowest BCUT2D eigenvalue weighted by Gasteiger charge is -2.37. The monoisotopic (exact) mass is 323 g/mol. The van der Waals surface area contributed by atoms with Crippen molar-refractivity contribution in [2.75, 3.05) is 19.0 Å². The highest BCUT2D eigenvalue weighted by Gasteiger charge is 2.29. The highest BCUT2D eigenvalue weighted by molar-refractivity contribution is 6.30. The van der Waals surface area contributed by atoms with Crippen molar-refractivity contribution in [1.29, 1.82) is 5.26 Å². The number of halogens is 1. The Morgan fingerprint density at radius 1 is 1.36 bits per heavy atom. The van der Waals surface area contributed by atoms with E-state index in [0.29, 0.717) is 5.82 Å². The van der Waals surface area contributed by atoms with Crippen LogP contribution in [0.4, 0.5) is 10.6 Å². The normalized spacial score (nSPS) is 21.0. The largest absolute Gasteiger partial charge is 0.465 e. The zero-order valence-corrected chi connectivity index (χ0v) is 13.3. The SMILES string of the molecule is CN(C(=O)O)C1CCC(N(C)c2cnc(C#N)c(Cl)n2)CC1. The second-order valence-corrected chi connectivity index (χ2v) is 5.80. The van der Waals surface area contributed by atoms with Gasteiger partial charge in [0, 0.05) is 26.2 Å². The molecule has 0 saturated heterocycles. The Balaban J connectivity index is 2.01. The van der Waals surface area contributed by atoms with E-state index in [2.05, 4.69) is 9.97 Å². The summed E-state index contributed by atoms with van der Waals surface area (Å²) in [5, 5.41) is 17.9. The molecular weight excluding hydrogens is 306 g/mol. The highest BCUT2D eigenvalue weighted by atomic mass is 35.5. The van der Waals surface area contributed by atoms with E-state index in [1.54, 1.807) is 13.2 Å². The first-order valence-electron chi connectivity index (χ1n) is 7.05. The lowest BCUT2D eigenvalue weighted by molar-refractivity contribution is 0.124. The molecule has 1 aromatic rings. The first-order valence-corrected chi connectivity index (χ1v) is 7.43. The van der Waals surface area contributed by atoms with Gasteiger partial charge in [0.15, 0.2) is 10.8 Å². The number of nitrogens with zero attached hydrogens (tertiary/aromatic N) is 5. The molecule has 1 fully saturated rings. The molecule has 1 amide bonds. The van der Waals surface area contributed by atoms with Gasteiger partial charge in [0.25, 0.3) is 0 Å². The van der Waals surface area contributed by atoms with E-state index in [-0.39, 0.29) is 22.9 Å². The van der Waals surface area contributed by atoms with Gasteiger partial charge in [0.05, 0.1) is 6.20 Å². The zero-order chi connectivity index (χ0) is 16.3. The summed E-state index contributed by atoms with van der Waals surface area (Å²) in [7, 11) is 3.53. The minimum atomic E-state index is -0.887. The Labute approximate surface area is 134 Å². The van der Waals surface area contributed by atoms with Crippen LogP contribution in [0.3, 0.4) is 0 Å². The molecule has 8 heteroatoms. The molecule has 0 unspecified atom stereocenters. The van der Waals surface area contributed by atoms with E-state index in [9.17, 15) is 4.79 Å². The molecule has 118 valence electrons. The minimum absolute atomic E-state index is 0.0674. The van der Waals surface area contributed by atoms with Crippen molar-refractivity contribution in [1.82, 2.24) is 14.9 Å². The molecular formula is C14H18ClN5O2. The summed E-state index contributed by atoms with van der Waals surface area (Å²) in [6, 6.07) is 2.21. The molecule has 0 aromatic carbocycles. The van der Waals surface area contributed by atoms with Gasteiger partial charge in [-0.15, -0.1) is 0 Å². The Kier molecular flexibility index (Phi) is 5.03. The van der Waals surface area contributed by atoms with Crippen molar-refractivity contribution < 1.29 is 9.90 Å². The summed E-state index contributed by atoms with van der Waals surface area (Å²) >= 11 is 5.92. The van der Waals surface area contributed by atoms with Crippen LogP contribution in [0.15, 0.2) is 6.20 Å². The van der Waals surface area contributed by atoms with Gasteiger partial charge in [-0.3, -0.25) is 0 Å². The van der Waals surface area contributed by atoms with Crippen molar-refractivity contribution in [3.05, 3.63) is 17.0 Å². The van der Waals surface area contributed by atoms with Crippen LogP contribution in [0.5, 0.6) is 0 Å². The third-order valence-electron chi connectivity index (χ3n) is 4.25. The number of hydrogen-bond donors (Lipinski definition) is 1. The third kappa shape index (κ3) is 3.39. The Morgan fingerprint density at radius 3 is 2.45 bits per heavy atom. The van der Waals surface area contributed by atoms with Crippen molar-refractivity contribution >= 4 is 23.5 Å². The van der Waals surface area contributed by atoms with Crippen LogP contribution in [0.25, 0.3) is 0 Å². The fourth-order valence-electron chi connectivity index (χ4n) is 2.78. The molecule has 1 N–H and O–H groups in total. The summed E-state index contributed by atoms with van der Waals surface area (Å²) in [6.45, 7) is 0. The Hall–Kier alpha value is -2.07. The topological polar surface area (TPSA) is 93.4 Å². The number of anilines is 1. The first-order chi connectivity index (χ1) is 10.4. The Bertz CT molecular complexity index is 595. The molecule has 22 heavy (non-hydrogen) atoms. The fourth-order valence-corrected chi connectivity index (χ4v) is 2.96.